The van der Waals surface area contributed by atoms with Gasteiger partial charge in [0.15, 0.2) is 0 Å². The molecule has 0 radical (unpaired) electrons. The van der Waals surface area contributed by atoms with E-state index >= 15 is 0 Å². The number of hydrogen-bond donors (Lipinski definition) is 5. The summed E-state index contributed by atoms with van der Waals surface area (Å²) in [6.45, 7) is 4.86. The van der Waals surface area contributed by atoms with Crippen molar-refractivity contribution in [3.8, 4) is 0 Å². The Morgan fingerprint density at radius 2 is 1.97 bits per heavy atom. The molecule has 0 aliphatic heterocycles. The van der Waals surface area contributed by atoms with Gasteiger partial charge in [-0.05, 0) is 92.3 Å². The lowest BCUT2D eigenvalue weighted by Crippen LogP contribution is -2.60. The Morgan fingerprint density at radius 1 is 1.17 bits per heavy atom. The topological polar surface area (TPSA) is 81.6 Å². The molecule has 4 saturated carbocycles. The Hall–Kier alpha value is -0.300. The zero-order valence-electron chi connectivity index (χ0n) is 18.8. The maximum absolute atomic E-state index is 12.0. The lowest BCUT2D eigenvalue weighted by atomic mass is 9.46. The van der Waals surface area contributed by atoms with E-state index in [0.29, 0.717) is 41.4 Å². The van der Waals surface area contributed by atoms with Crippen molar-refractivity contribution >= 4 is 18.5 Å². The monoisotopic (exact) mass is 438 g/mol. The highest BCUT2D eigenvalue weighted by molar-refractivity contribution is 7.82. The average molecular weight is 439 g/mol. The molecule has 0 heterocycles. The smallest absolute Gasteiger partial charge is 0.221 e. The molecular weight excluding hydrogens is 396 g/mol. The summed E-state index contributed by atoms with van der Waals surface area (Å²) in [7, 11) is 0. The first-order valence-corrected chi connectivity index (χ1v) is 12.8. The van der Waals surface area contributed by atoms with Crippen LogP contribution in [0.4, 0.5) is 0 Å². The molecule has 0 bridgehead atoms. The van der Waals surface area contributed by atoms with E-state index in [0.717, 1.165) is 25.2 Å². The first-order valence-electron chi connectivity index (χ1n) is 12.4. The van der Waals surface area contributed by atoms with Crippen LogP contribution in [0.15, 0.2) is 0 Å². The number of carbonyl (C=O) groups is 1. The van der Waals surface area contributed by atoms with Crippen LogP contribution < -0.4 is 10.8 Å². The third kappa shape index (κ3) is 3.74. The lowest BCUT2D eigenvalue weighted by Gasteiger charge is -2.61. The first-order chi connectivity index (χ1) is 14.3. The molecule has 9 atom stereocenters. The Morgan fingerprint density at radius 3 is 2.73 bits per heavy atom. The van der Waals surface area contributed by atoms with E-state index in [1.54, 1.807) is 0 Å². The largest absolute Gasteiger partial charge is 0.392 e. The van der Waals surface area contributed by atoms with Gasteiger partial charge in [0, 0.05) is 11.2 Å². The summed E-state index contributed by atoms with van der Waals surface area (Å²) < 4.78 is -0.304. The standard InChI is InChI=1S/C24H42N2O3S/c1-15(6-11-22(28)25-14-26-29)18-9-10-19-17-8-7-16-5-3-4-12-23(16,2)20(17)13-21(27)24(18,19)30/h15-21,26-27,29-30H,3-14H2,1-2H3,(H,25,28)/t15-,16?,17?,18?,19?,20?,21+,23?,24+/m1/s1. The van der Waals surface area contributed by atoms with Crippen molar-refractivity contribution in [2.45, 2.75) is 95.3 Å². The van der Waals surface area contributed by atoms with Crippen LogP contribution in [0.2, 0.25) is 0 Å². The van der Waals surface area contributed by atoms with Crippen molar-refractivity contribution in [3.63, 3.8) is 0 Å². The van der Waals surface area contributed by atoms with Crippen LogP contribution in [0.1, 0.15) is 84.5 Å². The van der Waals surface area contributed by atoms with Crippen LogP contribution in [0.25, 0.3) is 0 Å². The quantitative estimate of drug-likeness (QED) is 0.245. The SMILES string of the molecule is C[C@H](CCC(=O)NCNO)C1CCC2C3CCC4CCCCC4(C)C3C[C@H](O)[C@@]21S. The molecule has 4 aliphatic carbocycles. The fraction of sp³-hybridized carbons (Fsp3) is 0.958. The fourth-order valence-corrected chi connectivity index (χ4v) is 9.32. The van der Waals surface area contributed by atoms with E-state index in [4.69, 9.17) is 17.8 Å². The predicted octanol–water partition coefficient (Wildman–Crippen LogP) is 4.14. The minimum Gasteiger partial charge on any atom is -0.392 e. The molecule has 1 amide bonds. The average Bonchev–Trinajstić information content (AvgIpc) is 3.09. The second kappa shape index (κ2) is 8.92. The second-order valence-electron chi connectivity index (χ2n) is 11.2. The number of fused-ring (bicyclic) bond motifs is 5. The van der Waals surface area contributed by atoms with Crippen molar-refractivity contribution in [2.75, 3.05) is 6.67 Å². The summed E-state index contributed by atoms with van der Waals surface area (Å²) >= 11 is 5.31. The molecule has 6 unspecified atom stereocenters. The predicted molar refractivity (Wildman–Crippen MR) is 121 cm³/mol. The normalized spacial score (nSPS) is 46.4. The summed E-state index contributed by atoms with van der Waals surface area (Å²) in [6, 6.07) is 0. The number of hydrogen-bond acceptors (Lipinski definition) is 5. The van der Waals surface area contributed by atoms with Crippen LogP contribution >= 0.6 is 12.6 Å². The van der Waals surface area contributed by atoms with Crippen LogP contribution in [0, 0.1) is 40.9 Å². The van der Waals surface area contributed by atoms with Gasteiger partial charge in [0.05, 0.1) is 12.8 Å². The van der Waals surface area contributed by atoms with E-state index < -0.39 is 0 Å². The minimum absolute atomic E-state index is 0.0426. The van der Waals surface area contributed by atoms with Gasteiger partial charge < -0.3 is 15.6 Å². The molecule has 0 saturated heterocycles. The number of aliphatic hydroxyl groups is 1. The Labute approximate surface area is 187 Å². The van der Waals surface area contributed by atoms with Gasteiger partial charge in [-0.25, -0.2) is 0 Å². The molecular formula is C24H42N2O3S. The molecule has 5 nitrogen and oxygen atoms in total. The molecule has 0 spiro atoms. The van der Waals surface area contributed by atoms with Gasteiger partial charge in [0.1, 0.15) is 0 Å². The van der Waals surface area contributed by atoms with Gasteiger partial charge in [-0.1, -0.05) is 26.7 Å². The molecule has 6 heteroatoms. The highest BCUT2D eigenvalue weighted by atomic mass is 32.1. The zero-order chi connectivity index (χ0) is 21.5. The number of hydroxylamine groups is 1. The number of rotatable bonds is 6. The maximum atomic E-state index is 12.0. The molecule has 0 aromatic carbocycles. The van der Waals surface area contributed by atoms with Crippen LogP contribution in [-0.2, 0) is 4.79 Å². The van der Waals surface area contributed by atoms with Crippen LogP contribution in [-0.4, -0.2) is 33.7 Å². The summed E-state index contributed by atoms with van der Waals surface area (Å²) in [5, 5.41) is 22.8. The van der Waals surface area contributed by atoms with E-state index in [-0.39, 0.29) is 23.4 Å². The van der Waals surface area contributed by atoms with Crippen LogP contribution in [0.5, 0.6) is 0 Å². The number of amides is 1. The number of carbonyl (C=O) groups excluding carboxylic acids is 1. The van der Waals surface area contributed by atoms with Gasteiger partial charge >= 0.3 is 0 Å². The molecule has 4 N–H and O–H groups in total. The highest BCUT2D eigenvalue weighted by Crippen LogP contribution is 2.67. The molecule has 0 aromatic rings. The van der Waals surface area contributed by atoms with E-state index in [9.17, 15) is 9.90 Å². The molecule has 4 fully saturated rings. The van der Waals surface area contributed by atoms with Crippen molar-refractivity contribution in [1.82, 2.24) is 10.8 Å². The first kappa shape index (κ1) is 22.9. The Balaban J connectivity index is 1.47. The van der Waals surface area contributed by atoms with Crippen molar-refractivity contribution in [1.29, 1.82) is 0 Å². The summed E-state index contributed by atoms with van der Waals surface area (Å²) in [4.78, 5) is 12.0. The third-order valence-corrected chi connectivity index (χ3v) is 11.0. The highest BCUT2D eigenvalue weighted by Gasteiger charge is 2.64. The van der Waals surface area contributed by atoms with E-state index in [1.165, 1.54) is 44.9 Å². The van der Waals surface area contributed by atoms with Gasteiger partial charge in [-0.15, -0.1) is 0 Å². The maximum Gasteiger partial charge on any atom is 0.221 e. The Bertz CT molecular complexity index is 634. The van der Waals surface area contributed by atoms with Crippen LogP contribution in [0.3, 0.4) is 0 Å². The molecule has 4 aliphatic rings. The Kier molecular flexibility index (Phi) is 6.80. The third-order valence-electron chi connectivity index (χ3n) is 10.0. The second-order valence-corrected chi connectivity index (χ2v) is 12.0. The van der Waals surface area contributed by atoms with E-state index in [1.807, 2.05) is 5.48 Å². The lowest BCUT2D eigenvalue weighted by molar-refractivity contribution is -0.123. The van der Waals surface area contributed by atoms with Gasteiger partial charge in [0.25, 0.3) is 0 Å². The van der Waals surface area contributed by atoms with Crippen molar-refractivity contribution in [2.24, 2.45) is 40.9 Å². The molecule has 4 rings (SSSR count). The van der Waals surface area contributed by atoms with Gasteiger partial charge in [0.2, 0.25) is 5.91 Å². The van der Waals surface area contributed by atoms with Crippen molar-refractivity contribution < 1.29 is 15.1 Å². The fourth-order valence-electron chi connectivity index (χ4n) is 8.51. The number of thiol groups is 1. The van der Waals surface area contributed by atoms with E-state index in [2.05, 4.69) is 19.2 Å². The summed E-state index contributed by atoms with van der Waals surface area (Å²) in [6.07, 6.45) is 12.3. The summed E-state index contributed by atoms with van der Waals surface area (Å²) in [5.74, 6) is 3.41. The van der Waals surface area contributed by atoms with Gasteiger partial charge in [-0.2, -0.15) is 18.1 Å². The van der Waals surface area contributed by atoms with Gasteiger partial charge in [-0.3, -0.25) is 4.79 Å². The number of aliphatic hydroxyl groups excluding tert-OH is 1. The molecule has 172 valence electrons. The number of nitrogens with one attached hydrogen (secondary N) is 2. The summed E-state index contributed by atoms with van der Waals surface area (Å²) in [5.41, 5.74) is 2.38. The zero-order valence-corrected chi connectivity index (χ0v) is 19.7. The minimum atomic E-state index is -0.341. The molecule has 30 heavy (non-hydrogen) atoms. The van der Waals surface area contributed by atoms with Crippen molar-refractivity contribution in [3.05, 3.63) is 0 Å². The molecule has 0 aromatic heterocycles.